The average Bonchev–Trinajstić information content (AvgIpc) is 2.83. The summed E-state index contributed by atoms with van der Waals surface area (Å²) in [5.74, 6) is 6.51. The van der Waals surface area contributed by atoms with Gasteiger partial charge in [0.05, 0.1) is 23.0 Å². The van der Waals surface area contributed by atoms with E-state index in [4.69, 9.17) is 10.3 Å². The second-order valence-corrected chi connectivity index (χ2v) is 5.39. The lowest BCUT2D eigenvalue weighted by Gasteiger charge is -2.13. The normalized spacial score (nSPS) is 12.9. The zero-order chi connectivity index (χ0) is 12.4. The van der Waals surface area contributed by atoms with Gasteiger partial charge >= 0.3 is 0 Å². The summed E-state index contributed by atoms with van der Waals surface area (Å²) < 4.78 is 5.30. The predicted octanol–water partition coefficient (Wildman–Crippen LogP) is 2.41. The maximum absolute atomic E-state index is 5.61. The highest BCUT2D eigenvalue weighted by Crippen LogP contribution is 2.25. The minimum Gasteiger partial charge on any atom is -0.469 e. The van der Waals surface area contributed by atoms with Crippen molar-refractivity contribution in [2.75, 3.05) is 0 Å². The number of hydrogen-bond acceptors (Lipinski definition) is 5. The molecular formula is C12H17N3OS. The highest BCUT2D eigenvalue weighted by atomic mass is 32.1. The Hall–Kier alpha value is -1.17. The number of furan rings is 1. The Bertz CT molecular complexity index is 484. The summed E-state index contributed by atoms with van der Waals surface area (Å²) in [5.41, 5.74) is 5.03. The monoisotopic (exact) mass is 251 g/mol. The topological polar surface area (TPSA) is 64.1 Å². The van der Waals surface area contributed by atoms with E-state index < -0.39 is 0 Å². The summed E-state index contributed by atoms with van der Waals surface area (Å²) in [5, 5.41) is 1.10. The Morgan fingerprint density at radius 3 is 2.71 bits per heavy atom. The van der Waals surface area contributed by atoms with Crippen molar-refractivity contribution >= 4 is 11.3 Å². The Balaban J connectivity index is 2.18. The summed E-state index contributed by atoms with van der Waals surface area (Å²) in [6, 6.07) is 2.01. The zero-order valence-corrected chi connectivity index (χ0v) is 11.1. The van der Waals surface area contributed by atoms with Crippen LogP contribution in [-0.2, 0) is 6.42 Å². The van der Waals surface area contributed by atoms with Gasteiger partial charge in [0, 0.05) is 16.9 Å². The van der Waals surface area contributed by atoms with E-state index in [0.29, 0.717) is 0 Å². The highest BCUT2D eigenvalue weighted by Gasteiger charge is 2.17. The van der Waals surface area contributed by atoms with Crippen LogP contribution in [0.5, 0.6) is 0 Å². The second-order valence-electron chi connectivity index (χ2n) is 4.10. The molecule has 0 radical (unpaired) electrons. The van der Waals surface area contributed by atoms with Gasteiger partial charge in [-0.25, -0.2) is 4.98 Å². The fraction of sp³-hybridized carbons (Fsp3) is 0.417. The lowest BCUT2D eigenvalue weighted by Crippen LogP contribution is -2.29. The fourth-order valence-corrected chi connectivity index (χ4v) is 2.80. The number of nitrogens with two attached hydrogens (primary N) is 1. The Labute approximate surface area is 105 Å². The third-order valence-electron chi connectivity index (χ3n) is 2.93. The number of nitrogens with zero attached hydrogens (tertiary/aromatic N) is 1. The molecule has 0 saturated heterocycles. The maximum Gasteiger partial charge on any atom is 0.105 e. The second kappa shape index (κ2) is 5.00. The van der Waals surface area contributed by atoms with Gasteiger partial charge in [0.25, 0.3) is 0 Å². The molecule has 0 amide bonds. The lowest BCUT2D eigenvalue weighted by molar-refractivity contribution is 0.501. The van der Waals surface area contributed by atoms with E-state index in [1.165, 1.54) is 4.88 Å². The van der Waals surface area contributed by atoms with E-state index in [9.17, 15) is 0 Å². The van der Waals surface area contributed by atoms with Crippen molar-refractivity contribution in [3.8, 4) is 0 Å². The number of nitrogens with one attached hydrogen (secondary N) is 1. The van der Waals surface area contributed by atoms with Crippen LogP contribution in [0.4, 0.5) is 0 Å². The molecule has 2 aromatic rings. The van der Waals surface area contributed by atoms with Crippen molar-refractivity contribution in [1.29, 1.82) is 0 Å². The van der Waals surface area contributed by atoms with Gasteiger partial charge in [-0.2, -0.15) is 0 Å². The number of aryl methyl sites for hydroxylation is 3. The van der Waals surface area contributed by atoms with E-state index >= 15 is 0 Å². The SMILES string of the molecule is Cc1nc(CC(NN)c2ccoc2C)sc1C. The van der Waals surface area contributed by atoms with Gasteiger partial charge < -0.3 is 4.42 Å². The van der Waals surface area contributed by atoms with E-state index in [-0.39, 0.29) is 6.04 Å². The van der Waals surface area contributed by atoms with E-state index in [0.717, 1.165) is 28.4 Å². The van der Waals surface area contributed by atoms with E-state index in [1.807, 2.05) is 19.9 Å². The minimum absolute atomic E-state index is 0.0544. The quantitative estimate of drug-likeness (QED) is 0.647. The first-order valence-corrected chi connectivity index (χ1v) is 6.36. The van der Waals surface area contributed by atoms with Crippen molar-refractivity contribution in [1.82, 2.24) is 10.4 Å². The molecule has 0 bridgehead atoms. The van der Waals surface area contributed by atoms with Crippen LogP contribution in [-0.4, -0.2) is 4.98 Å². The smallest absolute Gasteiger partial charge is 0.105 e. The van der Waals surface area contributed by atoms with Crippen molar-refractivity contribution in [2.45, 2.75) is 33.2 Å². The van der Waals surface area contributed by atoms with Crippen LogP contribution in [0, 0.1) is 20.8 Å². The average molecular weight is 251 g/mol. The van der Waals surface area contributed by atoms with Crippen LogP contribution in [0.1, 0.15) is 32.9 Å². The molecule has 1 unspecified atom stereocenters. The first-order chi connectivity index (χ1) is 8.11. The number of thiazole rings is 1. The molecule has 4 nitrogen and oxygen atoms in total. The van der Waals surface area contributed by atoms with Gasteiger partial charge in [-0.1, -0.05) is 0 Å². The molecule has 2 aromatic heterocycles. The summed E-state index contributed by atoms with van der Waals surface area (Å²) in [4.78, 5) is 5.79. The maximum atomic E-state index is 5.61. The summed E-state index contributed by atoms with van der Waals surface area (Å²) in [7, 11) is 0. The van der Waals surface area contributed by atoms with Gasteiger partial charge in [0.1, 0.15) is 5.76 Å². The molecule has 0 aliphatic carbocycles. The van der Waals surface area contributed by atoms with E-state index in [2.05, 4.69) is 17.3 Å². The zero-order valence-electron chi connectivity index (χ0n) is 10.3. The summed E-state index contributed by atoms with van der Waals surface area (Å²) in [6.45, 7) is 6.06. The summed E-state index contributed by atoms with van der Waals surface area (Å²) >= 11 is 1.72. The van der Waals surface area contributed by atoms with Crippen molar-refractivity contribution < 1.29 is 4.42 Å². The van der Waals surface area contributed by atoms with Crippen molar-refractivity contribution in [2.24, 2.45) is 5.84 Å². The summed E-state index contributed by atoms with van der Waals surface area (Å²) in [6.07, 6.45) is 2.48. The highest BCUT2D eigenvalue weighted by molar-refractivity contribution is 7.11. The molecule has 0 fully saturated rings. The molecule has 0 aliphatic rings. The number of aromatic nitrogens is 1. The van der Waals surface area contributed by atoms with Gasteiger partial charge in [-0.3, -0.25) is 11.3 Å². The number of hydrazine groups is 1. The molecule has 0 aliphatic heterocycles. The van der Waals surface area contributed by atoms with Gasteiger partial charge in [-0.05, 0) is 26.8 Å². The molecule has 2 heterocycles. The predicted molar refractivity (Wildman–Crippen MR) is 68.8 cm³/mol. The molecule has 5 heteroatoms. The number of rotatable bonds is 4. The Kier molecular flexibility index (Phi) is 3.61. The molecule has 1 atom stereocenters. The van der Waals surface area contributed by atoms with Crippen LogP contribution in [0.25, 0.3) is 0 Å². The van der Waals surface area contributed by atoms with Gasteiger partial charge in [-0.15, -0.1) is 11.3 Å². The standard InChI is InChI=1S/C12H17N3OS/c1-7-9(3)17-12(14-7)6-11(15-13)10-4-5-16-8(10)2/h4-5,11,15H,6,13H2,1-3H3. The third-order valence-corrected chi connectivity index (χ3v) is 4.02. The molecular weight excluding hydrogens is 234 g/mol. The molecule has 2 rings (SSSR count). The molecule has 3 N–H and O–H groups in total. The van der Waals surface area contributed by atoms with Crippen LogP contribution < -0.4 is 11.3 Å². The fourth-order valence-electron chi connectivity index (χ4n) is 1.82. The third kappa shape index (κ3) is 2.57. The van der Waals surface area contributed by atoms with Crippen LogP contribution >= 0.6 is 11.3 Å². The Morgan fingerprint density at radius 2 is 2.24 bits per heavy atom. The molecule has 0 saturated carbocycles. The molecule has 0 aromatic carbocycles. The van der Waals surface area contributed by atoms with Crippen LogP contribution in [0.2, 0.25) is 0 Å². The largest absolute Gasteiger partial charge is 0.469 e. The first-order valence-electron chi connectivity index (χ1n) is 5.55. The first kappa shape index (κ1) is 12.3. The van der Waals surface area contributed by atoms with Gasteiger partial charge in [0.2, 0.25) is 0 Å². The lowest BCUT2D eigenvalue weighted by atomic mass is 10.1. The van der Waals surface area contributed by atoms with Gasteiger partial charge in [0.15, 0.2) is 0 Å². The molecule has 0 spiro atoms. The van der Waals surface area contributed by atoms with Crippen LogP contribution in [0.15, 0.2) is 16.7 Å². The number of hydrogen-bond donors (Lipinski definition) is 2. The van der Waals surface area contributed by atoms with Crippen molar-refractivity contribution in [3.05, 3.63) is 39.2 Å². The van der Waals surface area contributed by atoms with Crippen molar-refractivity contribution in [3.63, 3.8) is 0 Å². The van der Waals surface area contributed by atoms with Crippen LogP contribution in [0.3, 0.4) is 0 Å². The van der Waals surface area contributed by atoms with E-state index in [1.54, 1.807) is 17.6 Å². The molecule has 92 valence electrons. The Morgan fingerprint density at radius 1 is 1.47 bits per heavy atom. The molecule has 17 heavy (non-hydrogen) atoms. The minimum atomic E-state index is 0.0544.